The van der Waals surface area contributed by atoms with Crippen molar-refractivity contribution in [1.82, 2.24) is 0 Å². The van der Waals surface area contributed by atoms with E-state index in [0.29, 0.717) is 5.92 Å². The summed E-state index contributed by atoms with van der Waals surface area (Å²) in [5, 5.41) is 0.859. The van der Waals surface area contributed by atoms with Crippen molar-refractivity contribution in [2.75, 3.05) is 0 Å². The molecule has 20 heavy (non-hydrogen) atoms. The lowest BCUT2D eigenvalue weighted by molar-refractivity contribution is 0.402. The fourth-order valence-corrected chi connectivity index (χ4v) is 3.46. The molecule has 0 saturated carbocycles. The van der Waals surface area contributed by atoms with Crippen LogP contribution in [0.1, 0.15) is 35.6 Å². The number of fused-ring (bicyclic) bond motifs is 1. The predicted molar refractivity (Wildman–Crippen MR) is 85.0 cm³/mol. The molecule has 0 fully saturated rings. The molecule has 0 aliphatic heterocycles. The van der Waals surface area contributed by atoms with Gasteiger partial charge in [0, 0.05) is 11.1 Å². The Morgan fingerprint density at radius 3 is 2.65 bits per heavy atom. The normalized spacial score (nSPS) is 22.1. The van der Waals surface area contributed by atoms with Crippen LogP contribution in [-0.2, 0) is 12.8 Å². The summed E-state index contributed by atoms with van der Waals surface area (Å²) in [6, 6.07) is 16.8. The first-order valence-electron chi connectivity index (χ1n) is 7.32. The summed E-state index contributed by atoms with van der Waals surface area (Å²) in [5.74, 6) is 0.471. The van der Waals surface area contributed by atoms with E-state index < -0.39 is 0 Å². The number of halogens is 1. The number of hydrogen-bond acceptors (Lipinski definition) is 1. The molecular formula is C18H20ClN. The Morgan fingerprint density at radius 1 is 1.05 bits per heavy atom. The van der Waals surface area contributed by atoms with Gasteiger partial charge in [0.05, 0.1) is 0 Å². The molecule has 0 radical (unpaired) electrons. The van der Waals surface area contributed by atoms with Gasteiger partial charge in [-0.05, 0) is 54.4 Å². The van der Waals surface area contributed by atoms with E-state index >= 15 is 0 Å². The summed E-state index contributed by atoms with van der Waals surface area (Å²) in [6.45, 7) is 0. The van der Waals surface area contributed by atoms with Crippen molar-refractivity contribution < 1.29 is 0 Å². The minimum absolute atomic E-state index is 0.116. The highest BCUT2D eigenvalue weighted by Crippen LogP contribution is 2.34. The van der Waals surface area contributed by atoms with E-state index in [2.05, 4.69) is 36.4 Å². The molecule has 0 amide bonds. The Hall–Kier alpha value is -1.31. The molecule has 0 bridgehead atoms. The van der Waals surface area contributed by atoms with Crippen LogP contribution in [0.25, 0.3) is 0 Å². The van der Waals surface area contributed by atoms with Gasteiger partial charge in [-0.2, -0.15) is 0 Å². The molecule has 1 aliphatic rings. The van der Waals surface area contributed by atoms with Gasteiger partial charge in [-0.15, -0.1) is 0 Å². The monoisotopic (exact) mass is 285 g/mol. The van der Waals surface area contributed by atoms with E-state index in [1.807, 2.05) is 12.1 Å². The molecule has 2 heteroatoms. The maximum Gasteiger partial charge on any atom is 0.0438 e. The van der Waals surface area contributed by atoms with Crippen molar-refractivity contribution in [2.24, 2.45) is 11.7 Å². The van der Waals surface area contributed by atoms with Crippen molar-refractivity contribution in [3.8, 4) is 0 Å². The summed E-state index contributed by atoms with van der Waals surface area (Å²) in [4.78, 5) is 0. The predicted octanol–water partition coefficient (Wildman–Crippen LogP) is 4.54. The summed E-state index contributed by atoms with van der Waals surface area (Å²) in [7, 11) is 0. The minimum Gasteiger partial charge on any atom is -0.324 e. The van der Waals surface area contributed by atoms with Crippen molar-refractivity contribution >= 4 is 11.6 Å². The second-order valence-corrected chi connectivity index (χ2v) is 6.08. The Bertz CT molecular complexity index is 593. The summed E-state index contributed by atoms with van der Waals surface area (Å²) < 4.78 is 0. The van der Waals surface area contributed by atoms with Crippen LogP contribution in [-0.4, -0.2) is 0 Å². The fraction of sp³-hybridized carbons (Fsp3) is 0.333. The zero-order valence-electron chi connectivity index (χ0n) is 11.6. The summed E-state index contributed by atoms with van der Waals surface area (Å²) >= 11 is 6.29. The van der Waals surface area contributed by atoms with E-state index in [9.17, 15) is 0 Å². The molecule has 104 valence electrons. The molecule has 2 atom stereocenters. The molecule has 2 N–H and O–H groups in total. The average molecular weight is 286 g/mol. The Kier molecular flexibility index (Phi) is 4.09. The van der Waals surface area contributed by atoms with E-state index in [1.165, 1.54) is 29.5 Å². The molecule has 2 aromatic rings. The molecule has 2 unspecified atom stereocenters. The first kappa shape index (κ1) is 13.7. The van der Waals surface area contributed by atoms with Gasteiger partial charge in [0.15, 0.2) is 0 Å². The molecular weight excluding hydrogens is 266 g/mol. The van der Waals surface area contributed by atoms with E-state index in [4.69, 9.17) is 17.3 Å². The maximum absolute atomic E-state index is 6.55. The lowest BCUT2D eigenvalue weighted by atomic mass is 9.86. The van der Waals surface area contributed by atoms with E-state index in [0.717, 1.165) is 17.9 Å². The van der Waals surface area contributed by atoms with Gasteiger partial charge in [-0.25, -0.2) is 0 Å². The fourth-order valence-electron chi connectivity index (χ4n) is 3.25. The third kappa shape index (κ3) is 2.74. The highest BCUT2D eigenvalue weighted by atomic mass is 35.5. The molecule has 1 aliphatic carbocycles. The zero-order valence-corrected chi connectivity index (χ0v) is 12.3. The number of rotatable bonds is 2. The number of nitrogens with two attached hydrogens (primary N) is 1. The second kappa shape index (κ2) is 5.99. The van der Waals surface area contributed by atoms with Crippen molar-refractivity contribution in [1.29, 1.82) is 0 Å². The van der Waals surface area contributed by atoms with Gasteiger partial charge in [-0.3, -0.25) is 0 Å². The van der Waals surface area contributed by atoms with Crippen LogP contribution in [0.3, 0.4) is 0 Å². The van der Waals surface area contributed by atoms with Crippen LogP contribution < -0.4 is 5.73 Å². The molecule has 3 rings (SSSR count). The largest absolute Gasteiger partial charge is 0.324 e. The topological polar surface area (TPSA) is 26.0 Å². The van der Waals surface area contributed by atoms with Crippen LogP contribution in [0.15, 0.2) is 48.5 Å². The summed E-state index contributed by atoms with van der Waals surface area (Å²) in [6.07, 6.45) is 4.49. The third-order valence-electron chi connectivity index (χ3n) is 4.38. The van der Waals surface area contributed by atoms with Crippen LogP contribution in [0.5, 0.6) is 0 Å². The molecule has 0 aromatic heterocycles. The Labute approximate surface area is 125 Å². The molecule has 0 saturated heterocycles. The van der Waals surface area contributed by atoms with Gasteiger partial charge < -0.3 is 5.73 Å². The van der Waals surface area contributed by atoms with E-state index in [-0.39, 0.29) is 6.04 Å². The minimum atomic E-state index is 0.116. The van der Waals surface area contributed by atoms with Gasteiger partial charge >= 0.3 is 0 Å². The lowest BCUT2D eigenvalue weighted by Gasteiger charge is -2.23. The smallest absolute Gasteiger partial charge is 0.0438 e. The molecule has 0 spiro atoms. The number of hydrogen-bond donors (Lipinski definition) is 1. The SMILES string of the molecule is NC1c2ccccc2CCCC1Cc1ccccc1Cl. The first-order chi connectivity index (χ1) is 9.75. The van der Waals surface area contributed by atoms with Crippen LogP contribution >= 0.6 is 11.6 Å². The molecule has 2 aromatic carbocycles. The Morgan fingerprint density at radius 2 is 1.80 bits per heavy atom. The second-order valence-electron chi connectivity index (χ2n) is 5.67. The van der Waals surface area contributed by atoms with Crippen molar-refractivity contribution in [3.63, 3.8) is 0 Å². The lowest BCUT2D eigenvalue weighted by Crippen LogP contribution is -2.23. The number of benzene rings is 2. The highest BCUT2D eigenvalue weighted by Gasteiger charge is 2.25. The number of aryl methyl sites for hydroxylation is 1. The van der Waals surface area contributed by atoms with Gasteiger partial charge in [0.25, 0.3) is 0 Å². The highest BCUT2D eigenvalue weighted by molar-refractivity contribution is 6.31. The summed E-state index contributed by atoms with van der Waals surface area (Å²) in [5.41, 5.74) is 10.5. The average Bonchev–Trinajstić information content (AvgIpc) is 2.62. The first-order valence-corrected chi connectivity index (χ1v) is 7.70. The van der Waals surface area contributed by atoms with Crippen molar-refractivity contribution in [3.05, 3.63) is 70.2 Å². The van der Waals surface area contributed by atoms with Crippen molar-refractivity contribution in [2.45, 2.75) is 31.7 Å². The Balaban J connectivity index is 1.86. The standard InChI is InChI=1S/C18H20ClN/c19-17-11-4-2-7-14(17)12-15-9-5-8-13-6-1-3-10-16(13)18(15)20/h1-4,6-7,10-11,15,18H,5,8-9,12,20H2. The van der Waals surface area contributed by atoms with Crippen LogP contribution in [0.4, 0.5) is 0 Å². The van der Waals surface area contributed by atoms with Gasteiger partial charge in [0.2, 0.25) is 0 Å². The van der Waals surface area contributed by atoms with Crippen LogP contribution in [0, 0.1) is 5.92 Å². The third-order valence-corrected chi connectivity index (χ3v) is 4.75. The maximum atomic E-state index is 6.55. The quantitative estimate of drug-likeness (QED) is 0.806. The van der Waals surface area contributed by atoms with Gasteiger partial charge in [-0.1, -0.05) is 54.1 Å². The van der Waals surface area contributed by atoms with Gasteiger partial charge in [0.1, 0.15) is 0 Å². The van der Waals surface area contributed by atoms with E-state index in [1.54, 1.807) is 0 Å². The molecule has 1 nitrogen and oxygen atoms in total. The van der Waals surface area contributed by atoms with Crippen LogP contribution in [0.2, 0.25) is 5.02 Å². The molecule has 0 heterocycles. The zero-order chi connectivity index (χ0) is 13.9.